The summed E-state index contributed by atoms with van der Waals surface area (Å²) in [4.78, 5) is 25.2. The molecule has 0 heterocycles. The van der Waals surface area contributed by atoms with Crippen LogP contribution in [0.1, 0.15) is 93.9 Å². The highest BCUT2D eigenvalue weighted by Gasteiger charge is 2.21. The van der Waals surface area contributed by atoms with Crippen molar-refractivity contribution in [1.82, 2.24) is 0 Å². The highest BCUT2D eigenvalue weighted by molar-refractivity contribution is 6.03. The number of esters is 2. The molecule has 0 fully saturated rings. The molecule has 4 nitrogen and oxygen atoms in total. The van der Waals surface area contributed by atoms with E-state index in [1.165, 1.54) is 0 Å². The minimum absolute atomic E-state index is 0.286. The molecule has 1 aromatic rings. The average Bonchev–Trinajstić information content (AvgIpc) is 2.70. The number of ether oxygens (including phenoxy) is 2. The van der Waals surface area contributed by atoms with E-state index in [4.69, 9.17) is 9.47 Å². The molecule has 2 atom stereocenters. The van der Waals surface area contributed by atoms with Crippen molar-refractivity contribution in [1.29, 1.82) is 0 Å². The van der Waals surface area contributed by atoms with E-state index in [1.807, 2.05) is 0 Å². The van der Waals surface area contributed by atoms with Gasteiger partial charge in [0.05, 0.1) is 24.3 Å². The van der Waals surface area contributed by atoms with Crippen molar-refractivity contribution in [2.45, 2.75) is 73.1 Å². The van der Waals surface area contributed by atoms with Crippen molar-refractivity contribution < 1.29 is 19.1 Å². The molecule has 0 saturated carbocycles. The van der Waals surface area contributed by atoms with E-state index in [0.717, 1.165) is 38.5 Å². The van der Waals surface area contributed by atoms with E-state index in [1.54, 1.807) is 24.3 Å². The summed E-state index contributed by atoms with van der Waals surface area (Å²) in [7, 11) is 0. The van der Waals surface area contributed by atoms with Gasteiger partial charge < -0.3 is 9.47 Å². The number of benzene rings is 1. The molecule has 28 heavy (non-hydrogen) atoms. The second kappa shape index (κ2) is 13.4. The van der Waals surface area contributed by atoms with Crippen molar-refractivity contribution in [2.75, 3.05) is 13.2 Å². The zero-order valence-corrected chi connectivity index (χ0v) is 18.3. The Labute approximate surface area is 171 Å². The first-order valence-corrected chi connectivity index (χ1v) is 10.9. The summed E-state index contributed by atoms with van der Waals surface area (Å²) in [6.45, 7) is 11.5. The summed E-state index contributed by atoms with van der Waals surface area (Å²) >= 11 is 0. The number of rotatable bonds is 13. The molecule has 0 radical (unpaired) electrons. The zero-order valence-electron chi connectivity index (χ0n) is 18.3. The summed E-state index contributed by atoms with van der Waals surface area (Å²) in [5.74, 6) is 0.367. The average molecular weight is 391 g/mol. The molecule has 0 amide bonds. The summed E-state index contributed by atoms with van der Waals surface area (Å²) in [6, 6.07) is 6.76. The number of hydrogen-bond acceptors (Lipinski definition) is 4. The first-order valence-electron chi connectivity index (χ1n) is 10.9. The molecule has 0 aliphatic carbocycles. The number of hydrogen-bond donors (Lipinski definition) is 0. The van der Waals surface area contributed by atoms with E-state index < -0.39 is 11.9 Å². The predicted molar refractivity (Wildman–Crippen MR) is 114 cm³/mol. The summed E-state index contributed by atoms with van der Waals surface area (Å²) in [6.07, 6.45) is 6.28. The Balaban J connectivity index is 2.72. The molecule has 2 unspecified atom stereocenters. The molecule has 4 heteroatoms. The highest BCUT2D eigenvalue weighted by atomic mass is 16.5. The van der Waals surface area contributed by atoms with Gasteiger partial charge in [-0.1, -0.05) is 72.4 Å². The molecular formula is C24H38O4. The van der Waals surface area contributed by atoms with Crippen LogP contribution in [0.25, 0.3) is 0 Å². The Morgan fingerprint density at radius 1 is 0.857 bits per heavy atom. The second-order valence-corrected chi connectivity index (χ2v) is 8.06. The maximum absolute atomic E-state index is 12.6. The Morgan fingerprint density at radius 2 is 1.36 bits per heavy atom. The lowest BCUT2D eigenvalue weighted by Crippen LogP contribution is -2.19. The van der Waals surface area contributed by atoms with Gasteiger partial charge in [-0.2, -0.15) is 0 Å². The number of unbranched alkanes of at least 4 members (excludes halogenated alkanes) is 1. The van der Waals surface area contributed by atoms with Gasteiger partial charge in [0.2, 0.25) is 0 Å². The summed E-state index contributed by atoms with van der Waals surface area (Å²) < 4.78 is 11.0. The van der Waals surface area contributed by atoms with E-state index >= 15 is 0 Å². The van der Waals surface area contributed by atoms with Crippen molar-refractivity contribution in [2.24, 2.45) is 17.8 Å². The molecule has 0 aliphatic heterocycles. The van der Waals surface area contributed by atoms with Crippen LogP contribution in [0.5, 0.6) is 0 Å². The minimum atomic E-state index is -0.451. The van der Waals surface area contributed by atoms with Gasteiger partial charge in [-0.05, 0) is 42.7 Å². The Bertz CT molecular complexity index is 594. The fourth-order valence-electron chi connectivity index (χ4n) is 3.30. The fraction of sp³-hybridized carbons (Fsp3) is 0.667. The second-order valence-electron chi connectivity index (χ2n) is 8.06. The van der Waals surface area contributed by atoms with Crippen LogP contribution in [0, 0.1) is 17.8 Å². The number of carbonyl (C=O) groups excluding carboxylic acids is 2. The minimum Gasteiger partial charge on any atom is -0.462 e. The van der Waals surface area contributed by atoms with Gasteiger partial charge in [-0.3, -0.25) is 0 Å². The zero-order chi connectivity index (χ0) is 20.9. The quantitative estimate of drug-likeness (QED) is 0.371. The summed E-state index contributed by atoms with van der Waals surface area (Å²) in [5, 5.41) is 0. The molecule has 1 rings (SSSR count). The Morgan fingerprint density at radius 3 is 1.79 bits per heavy atom. The Hall–Kier alpha value is -1.84. The van der Waals surface area contributed by atoms with Gasteiger partial charge in [-0.15, -0.1) is 0 Å². The monoisotopic (exact) mass is 390 g/mol. The van der Waals surface area contributed by atoms with Crippen molar-refractivity contribution in [3.05, 3.63) is 35.4 Å². The maximum atomic E-state index is 12.6. The van der Waals surface area contributed by atoms with Gasteiger partial charge in [-0.25, -0.2) is 9.59 Å². The molecule has 0 spiro atoms. The van der Waals surface area contributed by atoms with Crippen LogP contribution in [0.3, 0.4) is 0 Å². The van der Waals surface area contributed by atoms with Gasteiger partial charge >= 0.3 is 11.9 Å². The standard InChI is InChI=1S/C24H38O4/c1-6-9-12-19(7-2)16-27-23(25)21-13-10-11-14-22(21)24(26)28-17-20(8-3)15-18(4)5/h10-11,13-14,18-20H,6-9,12,15-17H2,1-5H3. The lowest BCUT2D eigenvalue weighted by atomic mass is 9.96. The lowest BCUT2D eigenvalue weighted by Gasteiger charge is -2.18. The van der Waals surface area contributed by atoms with Crippen LogP contribution in [0.4, 0.5) is 0 Å². The predicted octanol–water partition coefficient (Wildman–Crippen LogP) is 6.29. The van der Waals surface area contributed by atoms with Gasteiger partial charge in [0.1, 0.15) is 0 Å². The van der Waals surface area contributed by atoms with Crippen LogP contribution in [-0.4, -0.2) is 25.2 Å². The first kappa shape index (κ1) is 24.2. The Kier molecular flexibility index (Phi) is 11.5. The molecule has 0 aliphatic rings. The SMILES string of the molecule is CCCCC(CC)COC(=O)c1ccccc1C(=O)OCC(CC)CC(C)C. The highest BCUT2D eigenvalue weighted by Crippen LogP contribution is 2.19. The van der Waals surface area contributed by atoms with Crippen molar-refractivity contribution >= 4 is 11.9 Å². The molecule has 1 aromatic carbocycles. The van der Waals surface area contributed by atoms with Crippen LogP contribution in [0.15, 0.2) is 24.3 Å². The van der Waals surface area contributed by atoms with E-state index in [0.29, 0.717) is 31.0 Å². The van der Waals surface area contributed by atoms with Crippen LogP contribution in [-0.2, 0) is 9.47 Å². The third-order valence-electron chi connectivity index (χ3n) is 5.19. The van der Waals surface area contributed by atoms with Gasteiger partial charge in [0.15, 0.2) is 0 Å². The normalized spacial score (nSPS) is 13.2. The van der Waals surface area contributed by atoms with Crippen LogP contribution < -0.4 is 0 Å². The van der Waals surface area contributed by atoms with Gasteiger partial charge in [0, 0.05) is 0 Å². The first-order chi connectivity index (χ1) is 13.4. The molecule has 0 saturated heterocycles. The molecule has 158 valence electrons. The van der Waals surface area contributed by atoms with Crippen molar-refractivity contribution in [3.63, 3.8) is 0 Å². The van der Waals surface area contributed by atoms with E-state index in [9.17, 15) is 9.59 Å². The third-order valence-corrected chi connectivity index (χ3v) is 5.19. The largest absolute Gasteiger partial charge is 0.462 e. The topological polar surface area (TPSA) is 52.6 Å². The summed E-state index contributed by atoms with van der Waals surface area (Å²) in [5.41, 5.74) is 0.572. The molecule has 0 bridgehead atoms. The maximum Gasteiger partial charge on any atom is 0.339 e. The van der Waals surface area contributed by atoms with Crippen molar-refractivity contribution in [3.8, 4) is 0 Å². The van der Waals surface area contributed by atoms with E-state index in [2.05, 4.69) is 34.6 Å². The lowest BCUT2D eigenvalue weighted by molar-refractivity contribution is 0.0378. The third kappa shape index (κ3) is 8.45. The van der Waals surface area contributed by atoms with Crippen LogP contribution in [0.2, 0.25) is 0 Å². The number of carbonyl (C=O) groups is 2. The van der Waals surface area contributed by atoms with E-state index in [-0.39, 0.29) is 11.1 Å². The van der Waals surface area contributed by atoms with Crippen LogP contribution >= 0.6 is 0 Å². The smallest absolute Gasteiger partial charge is 0.339 e. The fourth-order valence-corrected chi connectivity index (χ4v) is 3.30. The van der Waals surface area contributed by atoms with Gasteiger partial charge in [0.25, 0.3) is 0 Å². The molecule has 0 N–H and O–H groups in total. The molecular weight excluding hydrogens is 352 g/mol. The molecule has 0 aromatic heterocycles.